The zero-order valence-electron chi connectivity index (χ0n) is 12.1. The first-order chi connectivity index (χ1) is 9.32. The Labute approximate surface area is 120 Å². The fourth-order valence-electron chi connectivity index (χ4n) is 2.67. The molecule has 0 saturated carbocycles. The molecule has 0 atom stereocenters. The molecule has 0 amide bonds. The third-order valence-corrected chi connectivity index (χ3v) is 5.94. The highest BCUT2D eigenvalue weighted by Crippen LogP contribution is 2.37. The number of sulfonamides is 1. The lowest BCUT2D eigenvalue weighted by atomic mass is 10.0. The lowest BCUT2D eigenvalue weighted by Crippen LogP contribution is -2.42. The predicted molar refractivity (Wildman–Crippen MR) is 76.1 cm³/mol. The normalized spacial score (nSPS) is 19.2. The van der Waals surface area contributed by atoms with Gasteiger partial charge in [0.2, 0.25) is 10.0 Å². The van der Waals surface area contributed by atoms with Crippen molar-refractivity contribution >= 4 is 10.0 Å². The minimum absolute atomic E-state index is 0.126. The first kappa shape index (κ1) is 15.3. The maximum atomic E-state index is 12.9. The van der Waals surface area contributed by atoms with Gasteiger partial charge >= 0.3 is 0 Å². The molecule has 1 N–H and O–H groups in total. The Hall–Kier alpha value is -1.11. The molecular weight excluding hydrogens is 278 g/mol. The highest BCUT2D eigenvalue weighted by molar-refractivity contribution is 7.89. The van der Waals surface area contributed by atoms with Gasteiger partial charge in [0.05, 0.1) is 13.7 Å². The van der Waals surface area contributed by atoms with Gasteiger partial charge in [0.25, 0.3) is 0 Å². The van der Waals surface area contributed by atoms with Gasteiger partial charge < -0.3 is 9.84 Å². The molecule has 1 heterocycles. The monoisotopic (exact) mass is 299 g/mol. The zero-order valence-corrected chi connectivity index (χ0v) is 12.9. The van der Waals surface area contributed by atoms with Gasteiger partial charge in [-0.25, -0.2) is 8.42 Å². The third kappa shape index (κ3) is 2.55. The van der Waals surface area contributed by atoms with Crippen LogP contribution in [-0.2, 0) is 16.6 Å². The second kappa shape index (κ2) is 5.35. The summed E-state index contributed by atoms with van der Waals surface area (Å²) in [6.07, 6.45) is 1.70. The van der Waals surface area contributed by atoms with E-state index in [-0.39, 0.29) is 17.0 Å². The summed E-state index contributed by atoms with van der Waals surface area (Å²) < 4.78 is 32.4. The molecule has 0 bridgehead atoms. The fourth-order valence-corrected chi connectivity index (χ4v) is 4.72. The molecule has 1 aromatic rings. The van der Waals surface area contributed by atoms with Crippen LogP contribution in [0, 0.1) is 0 Å². The predicted octanol–water partition coefficient (Wildman–Crippen LogP) is 1.75. The van der Waals surface area contributed by atoms with E-state index in [4.69, 9.17) is 4.74 Å². The van der Waals surface area contributed by atoms with Crippen LogP contribution in [0.1, 0.15) is 32.3 Å². The van der Waals surface area contributed by atoms with Crippen molar-refractivity contribution in [1.29, 1.82) is 0 Å². The van der Waals surface area contributed by atoms with Crippen LogP contribution >= 0.6 is 0 Å². The topological polar surface area (TPSA) is 66.8 Å². The Morgan fingerprint density at radius 1 is 1.40 bits per heavy atom. The average molecular weight is 299 g/mol. The summed E-state index contributed by atoms with van der Waals surface area (Å²) in [5, 5.41) is 9.21. The number of ether oxygens (including phenoxy) is 1. The van der Waals surface area contributed by atoms with E-state index < -0.39 is 10.0 Å². The molecule has 20 heavy (non-hydrogen) atoms. The zero-order chi connectivity index (χ0) is 15.0. The van der Waals surface area contributed by atoms with Crippen LogP contribution in [0.2, 0.25) is 0 Å². The molecule has 0 radical (unpaired) electrons. The molecule has 1 saturated heterocycles. The van der Waals surface area contributed by atoms with E-state index >= 15 is 0 Å². The molecule has 0 spiro atoms. The lowest BCUT2D eigenvalue weighted by Gasteiger charge is -2.31. The molecule has 6 heteroatoms. The molecule has 0 aliphatic carbocycles. The van der Waals surface area contributed by atoms with E-state index in [0.717, 1.165) is 12.8 Å². The highest BCUT2D eigenvalue weighted by Gasteiger charge is 2.42. The fraction of sp³-hybridized carbons (Fsp3) is 0.571. The largest absolute Gasteiger partial charge is 0.495 e. The summed E-state index contributed by atoms with van der Waals surface area (Å²) in [5.41, 5.74) is 0.167. The first-order valence-electron chi connectivity index (χ1n) is 6.63. The van der Waals surface area contributed by atoms with E-state index in [1.165, 1.54) is 17.5 Å². The van der Waals surface area contributed by atoms with Crippen LogP contribution in [0.4, 0.5) is 0 Å². The van der Waals surface area contributed by atoms with Gasteiger partial charge in [-0.3, -0.25) is 0 Å². The number of rotatable bonds is 4. The van der Waals surface area contributed by atoms with Crippen molar-refractivity contribution in [2.45, 2.75) is 43.7 Å². The van der Waals surface area contributed by atoms with Gasteiger partial charge in [-0.05, 0) is 44.4 Å². The summed E-state index contributed by atoms with van der Waals surface area (Å²) in [6.45, 7) is 4.18. The van der Waals surface area contributed by atoms with E-state index in [0.29, 0.717) is 17.9 Å². The number of benzene rings is 1. The minimum Gasteiger partial charge on any atom is -0.495 e. The summed E-state index contributed by atoms with van der Waals surface area (Å²) in [4.78, 5) is 0.126. The smallest absolute Gasteiger partial charge is 0.247 e. The number of aliphatic hydroxyl groups is 1. The molecule has 0 aromatic heterocycles. The maximum absolute atomic E-state index is 12.9. The Bertz CT molecular complexity index is 595. The average Bonchev–Trinajstić information content (AvgIpc) is 2.78. The van der Waals surface area contributed by atoms with E-state index in [2.05, 4.69) is 0 Å². The Kier molecular flexibility index (Phi) is 4.09. The summed E-state index contributed by atoms with van der Waals surface area (Å²) in [7, 11) is -2.18. The molecule has 0 unspecified atom stereocenters. The van der Waals surface area contributed by atoms with Crippen molar-refractivity contribution < 1.29 is 18.3 Å². The number of methoxy groups -OCH3 is 1. The standard InChI is InChI=1S/C14H21NO4S/c1-14(2)7-4-8-15(14)20(17,18)13-9-11(10-16)5-6-12(13)19-3/h5-6,9,16H,4,7-8,10H2,1-3H3. The van der Waals surface area contributed by atoms with Gasteiger partial charge in [-0.15, -0.1) is 0 Å². The first-order valence-corrected chi connectivity index (χ1v) is 8.07. The van der Waals surface area contributed by atoms with Crippen LogP contribution in [-0.4, -0.2) is 37.0 Å². The van der Waals surface area contributed by atoms with Crippen LogP contribution < -0.4 is 4.74 Å². The number of aliphatic hydroxyl groups excluding tert-OH is 1. The van der Waals surface area contributed by atoms with Crippen LogP contribution in [0.25, 0.3) is 0 Å². The van der Waals surface area contributed by atoms with Crippen LogP contribution in [0.15, 0.2) is 23.1 Å². The Balaban J connectivity index is 2.54. The highest BCUT2D eigenvalue weighted by atomic mass is 32.2. The lowest BCUT2D eigenvalue weighted by molar-refractivity contribution is 0.280. The van der Waals surface area contributed by atoms with E-state index in [1.54, 1.807) is 12.1 Å². The molecular formula is C14H21NO4S. The van der Waals surface area contributed by atoms with Crippen LogP contribution in [0.3, 0.4) is 0 Å². The molecule has 1 aliphatic rings. The van der Waals surface area contributed by atoms with Gasteiger partial charge in [-0.1, -0.05) is 6.07 Å². The molecule has 112 valence electrons. The minimum atomic E-state index is -3.62. The Morgan fingerprint density at radius 2 is 2.10 bits per heavy atom. The number of hydrogen-bond donors (Lipinski definition) is 1. The summed E-state index contributed by atoms with van der Waals surface area (Å²) in [6, 6.07) is 4.73. The van der Waals surface area contributed by atoms with Crippen molar-refractivity contribution in [3.05, 3.63) is 23.8 Å². The van der Waals surface area contributed by atoms with Crippen LogP contribution in [0.5, 0.6) is 5.75 Å². The van der Waals surface area contributed by atoms with Crippen molar-refractivity contribution in [1.82, 2.24) is 4.31 Å². The summed E-state index contributed by atoms with van der Waals surface area (Å²) >= 11 is 0. The van der Waals surface area contributed by atoms with Crippen molar-refractivity contribution in [3.63, 3.8) is 0 Å². The quantitative estimate of drug-likeness (QED) is 0.920. The van der Waals surface area contributed by atoms with E-state index in [1.807, 2.05) is 13.8 Å². The molecule has 1 aromatic carbocycles. The van der Waals surface area contributed by atoms with E-state index in [9.17, 15) is 13.5 Å². The van der Waals surface area contributed by atoms with Gasteiger partial charge in [0.1, 0.15) is 10.6 Å². The van der Waals surface area contributed by atoms with Gasteiger partial charge in [0.15, 0.2) is 0 Å². The second-order valence-electron chi connectivity index (χ2n) is 5.64. The van der Waals surface area contributed by atoms with Crippen molar-refractivity contribution in [2.75, 3.05) is 13.7 Å². The molecule has 1 aliphatic heterocycles. The Morgan fingerprint density at radius 3 is 2.60 bits per heavy atom. The second-order valence-corrected chi connectivity index (χ2v) is 7.47. The SMILES string of the molecule is COc1ccc(CO)cc1S(=O)(=O)N1CCCC1(C)C. The van der Waals surface area contributed by atoms with Crippen molar-refractivity contribution in [2.24, 2.45) is 0 Å². The molecule has 1 fully saturated rings. The van der Waals surface area contributed by atoms with Crippen molar-refractivity contribution in [3.8, 4) is 5.75 Å². The number of nitrogens with zero attached hydrogens (tertiary/aromatic N) is 1. The maximum Gasteiger partial charge on any atom is 0.247 e. The van der Waals surface area contributed by atoms with Gasteiger partial charge in [-0.2, -0.15) is 4.31 Å². The number of hydrogen-bond acceptors (Lipinski definition) is 4. The molecule has 5 nitrogen and oxygen atoms in total. The van der Waals surface area contributed by atoms with Gasteiger partial charge in [0, 0.05) is 12.1 Å². The third-order valence-electron chi connectivity index (χ3n) is 3.80. The summed E-state index contributed by atoms with van der Waals surface area (Å²) in [5.74, 6) is 0.310. The molecule has 2 rings (SSSR count).